The second-order valence-corrected chi connectivity index (χ2v) is 7.85. The largest absolute Gasteiger partial charge is 0.345 e. The quantitative estimate of drug-likeness (QED) is 0.837. The van der Waals surface area contributed by atoms with Crippen LogP contribution in [0.5, 0.6) is 0 Å². The minimum Gasteiger partial charge on any atom is -0.345 e. The third-order valence-electron chi connectivity index (χ3n) is 4.15. The van der Waals surface area contributed by atoms with Crippen molar-refractivity contribution in [2.24, 2.45) is 5.92 Å². The highest BCUT2D eigenvalue weighted by Gasteiger charge is 2.32. The molecule has 2 amide bonds. The van der Waals surface area contributed by atoms with Crippen molar-refractivity contribution in [3.05, 3.63) is 54.6 Å². The first-order valence-corrected chi connectivity index (χ1v) is 9.56. The van der Waals surface area contributed by atoms with Crippen molar-refractivity contribution in [1.82, 2.24) is 4.90 Å². The zero-order valence-electron chi connectivity index (χ0n) is 14.2. The van der Waals surface area contributed by atoms with Crippen molar-refractivity contribution in [1.29, 1.82) is 0 Å². The van der Waals surface area contributed by atoms with Gasteiger partial charge >= 0.3 is 0 Å². The van der Waals surface area contributed by atoms with Crippen LogP contribution in [0.15, 0.2) is 59.5 Å². The highest BCUT2D eigenvalue weighted by Crippen LogP contribution is 2.22. The maximum Gasteiger partial charge on any atom is 0.261 e. The normalized spacial score (nSPS) is 17.2. The molecular formula is C18H19N3O4S. The van der Waals surface area contributed by atoms with E-state index in [1.807, 2.05) is 0 Å². The van der Waals surface area contributed by atoms with Gasteiger partial charge in [0.2, 0.25) is 11.8 Å². The average Bonchev–Trinajstić information content (AvgIpc) is 2.95. The second-order valence-electron chi connectivity index (χ2n) is 6.16. The van der Waals surface area contributed by atoms with Crippen molar-refractivity contribution < 1.29 is 18.0 Å². The molecule has 1 aliphatic heterocycles. The van der Waals surface area contributed by atoms with Crippen LogP contribution in [0.1, 0.15) is 6.42 Å². The molecule has 8 heteroatoms. The Morgan fingerprint density at radius 1 is 1.08 bits per heavy atom. The summed E-state index contributed by atoms with van der Waals surface area (Å²) in [5.74, 6) is -0.808. The van der Waals surface area contributed by atoms with E-state index in [2.05, 4.69) is 10.0 Å². The topological polar surface area (TPSA) is 95.6 Å². The first kappa shape index (κ1) is 17.9. The molecule has 2 N–H and O–H groups in total. The van der Waals surface area contributed by atoms with Gasteiger partial charge in [-0.3, -0.25) is 14.3 Å². The molecule has 1 unspecified atom stereocenters. The lowest BCUT2D eigenvalue weighted by Gasteiger charge is -2.12. The van der Waals surface area contributed by atoms with Crippen molar-refractivity contribution in [2.75, 3.05) is 23.6 Å². The highest BCUT2D eigenvalue weighted by molar-refractivity contribution is 7.92. The number of amides is 2. The molecule has 26 heavy (non-hydrogen) atoms. The number of carbonyl (C=O) groups is 2. The van der Waals surface area contributed by atoms with Gasteiger partial charge in [0.1, 0.15) is 0 Å². The Labute approximate surface area is 152 Å². The number of para-hydroxylation sites is 1. The minimum absolute atomic E-state index is 0.0405. The number of carbonyl (C=O) groups excluding carboxylic acids is 2. The Balaban J connectivity index is 1.74. The molecule has 1 aliphatic rings. The molecule has 0 aliphatic carbocycles. The lowest BCUT2D eigenvalue weighted by molar-refractivity contribution is -0.127. The predicted molar refractivity (Wildman–Crippen MR) is 98.1 cm³/mol. The van der Waals surface area contributed by atoms with Crippen LogP contribution < -0.4 is 10.0 Å². The average molecular weight is 373 g/mol. The SMILES string of the molecule is CN1CC(C(=O)Nc2cccc(S(=O)(=O)Nc3ccccc3)c2)CC1=O. The Morgan fingerprint density at radius 2 is 1.77 bits per heavy atom. The number of nitrogens with zero attached hydrogens (tertiary/aromatic N) is 1. The van der Waals surface area contributed by atoms with E-state index in [4.69, 9.17) is 0 Å². The van der Waals surface area contributed by atoms with E-state index in [1.54, 1.807) is 49.5 Å². The molecule has 2 aromatic rings. The van der Waals surface area contributed by atoms with E-state index in [0.29, 0.717) is 17.9 Å². The summed E-state index contributed by atoms with van der Waals surface area (Å²) in [5.41, 5.74) is 0.822. The molecule has 136 valence electrons. The van der Waals surface area contributed by atoms with Crippen LogP contribution in [0.4, 0.5) is 11.4 Å². The first-order valence-electron chi connectivity index (χ1n) is 8.08. The third kappa shape index (κ3) is 4.02. The number of nitrogens with one attached hydrogen (secondary N) is 2. The van der Waals surface area contributed by atoms with E-state index < -0.39 is 15.9 Å². The molecule has 1 atom stereocenters. The summed E-state index contributed by atoms with van der Waals surface area (Å²) >= 11 is 0. The van der Waals surface area contributed by atoms with Crippen molar-refractivity contribution >= 4 is 33.2 Å². The number of anilines is 2. The molecule has 0 saturated carbocycles. The lowest BCUT2D eigenvalue weighted by atomic mass is 10.1. The van der Waals surface area contributed by atoms with Crippen LogP contribution in [-0.2, 0) is 19.6 Å². The van der Waals surface area contributed by atoms with Crippen LogP contribution in [0, 0.1) is 5.92 Å². The smallest absolute Gasteiger partial charge is 0.261 e. The number of hydrogen-bond acceptors (Lipinski definition) is 4. The fraction of sp³-hybridized carbons (Fsp3) is 0.222. The number of benzene rings is 2. The zero-order valence-corrected chi connectivity index (χ0v) is 15.0. The van der Waals surface area contributed by atoms with Gasteiger partial charge in [0, 0.05) is 31.4 Å². The van der Waals surface area contributed by atoms with Gasteiger partial charge in [-0.1, -0.05) is 24.3 Å². The van der Waals surface area contributed by atoms with Gasteiger partial charge in [0.15, 0.2) is 0 Å². The van der Waals surface area contributed by atoms with Gasteiger partial charge < -0.3 is 10.2 Å². The lowest BCUT2D eigenvalue weighted by Crippen LogP contribution is -2.25. The third-order valence-corrected chi connectivity index (χ3v) is 5.53. The van der Waals surface area contributed by atoms with Gasteiger partial charge in [-0.2, -0.15) is 0 Å². The predicted octanol–water partition coefficient (Wildman–Crippen LogP) is 1.90. The fourth-order valence-electron chi connectivity index (χ4n) is 2.74. The molecule has 2 aromatic carbocycles. The Kier molecular flexibility index (Phi) is 4.94. The summed E-state index contributed by atoms with van der Waals surface area (Å²) in [5, 5.41) is 2.69. The molecule has 7 nitrogen and oxygen atoms in total. The molecule has 0 aromatic heterocycles. The summed E-state index contributed by atoms with van der Waals surface area (Å²) in [6, 6.07) is 14.6. The van der Waals surface area contributed by atoms with Gasteiger partial charge in [-0.05, 0) is 30.3 Å². The Morgan fingerprint density at radius 3 is 2.42 bits per heavy atom. The van der Waals surface area contributed by atoms with Gasteiger partial charge in [0.25, 0.3) is 10.0 Å². The number of rotatable bonds is 5. The monoisotopic (exact) mass is 373 g/mol. The van der Waals surface area contributed by atoms with Crippen LogP contribution in [0.25, 0.3) is 0 Å². The molecule has 3 rings (SSSR count). The van der Waals surface area contributed by atoms with Crippen molar-refractivity contribution in [2.45, 2.75) is 11.3 Å². The van der Waals surface area contributed by atoms with E-state index in [1.165, 1.54) is 17.0 Å². The zero-order chi connectivity index (χ0) is 18.7. The highest BCUT2D eigenvalue weighted by atomic mass is 32.2. The van der Waals surface area contributed by atoms with Crippen LogP contribution >= 0.6 is 0 Å². The Bertz CT molecular complexity index is 928. The summed E-state index contributed by atoms with van der Waals surface area (Å²) < 4.78 is 27.5. The summed E-state index contributed by atoms with van der Waals surface area (Å²) in [6.07, 6.45) is 0.163. The maximum atomic E-state index is 12.5. The standard InChI is InChI=1S/C18H19N3O4S/c1-21-12-13(10-17(21)22)18(23)19-15-8-5-9-16(11-15)26(24,25)20-14-6-3-2-4-7-14/h2-9,11,13,20H,10,12H2,1H3,(H,19,23). The number of sulfonamides is 1. The van der Waals surface area contributed by atoms with Crippen LogP contribution in [0.2, 0.25) is 0 Å². The second kappa shape index (κ2) is 7.17. The summed E-state index contributed by atoms with van der Waals surface area (Å²) in [6.45, 7) is 0.359. The van der Waals surface area contributed by atoms with Crippen LogP contribution in [0.3, 0.4) is 0 Å². The molecule has 1 heterocycles. The molecule has 1 fully saturated rings. The number of likely N-dealkylation sites (tertiary alicyclic amines) is 1. The molecule has 1 saturated heterocycles. The van der Waals surface area contributed by atoms with E-state index >= 15 is 0 Å². The molecular weight excluding hydrogens is 354 g/mol. The van der Waals surface area contributed by atoms with E-state index in [-0.39, 0.29) is 23.1 Å². The fourth-order valence-corrected chi connectivity index (χ4v) is 3.85. The molecule has 0 radical (unpaired) electrons. The van der Waals surface area contributed by atoms with Gasteiger partial charge in [-0.25, -0.2) is 8.42 Å². The number of hydrogen-bond donors (Lipinski definition) is 2. The van der Waals surface area contributed by atoms with Gasteiger partial charge in [0.05, 0.1) is 10.8 Å². The van der Waals surface area contributed by atoms with E-state index in [9.17, 15) is 18.0 Å². The van der Waals surface area contributed by atoms with Gasteiger partial charge in [-0.15, -0.1) is 0 Å². The van der Waals surface area contributed by atoms with Crippen molar-refractivity contribution in [3.63, 3.8) is 0 Å². The summed E-state index contributed by atoms with van der Waals surface area (Å²) in [7, 11) is -2.12. The van der Waals surface area contributed by atoms with E-state index in [0.717, 1.165) is 0 Å². The minimum atomic E-state index is -3.77. The molecule has 0 spiro atoms. The summed E-state index contributed by atoms with van der Waals surface area (Å²) in [4.78, 5) is 25.4. The Hall–Kier alpha value is -2.87. The van der Waals surface area contributed by atoms with Crippen molar-refractivity contribution in [3.8, 4) is 0 Å². The first-order chi connectivity index (χ1) is 12.3. The molecule has 0 bridgehead atoms. The van der Waals surface area contributed by atoms with Crippen LogP contribution in [-0.4, -0.2) is 38.7 Å². The maximum absolute atomic E-state index is 12.5.